The molecule has 2 rings (SSSR count). The number of methoxy groups -OCH3 is 1. The Kier molecular flexibility index (Phi) is 5.62. The van der Waals surface area contributed by atoms with E-state index in [-0.39, 0.29) is 5.41 Å². The first-order valence-corrected chi connectivity index (χ1v) is 7.92. The second kappa shape index (κ2) is 7.46. The topological polar surface area (TPSA) is 21.3 Å². The molecule has 0 unspecified atom stereocenters. The minimum atomic E-state index is 0.223. The lowest BCUT2D eigenvalue weighted by Gasteiger charge is -2.19. The van der Waals surface area contributed by atoms with Gasteiger partial charge in [0.05, 0.1) is 7.11 Å². The standard InChI is InChI=1S/C20H27NO/c1-20(2,3)18-9-5-17(6-10-18)15-21-14-13-16-7-11-19(22-4)12-8-16/h5-12,21H,13-15H2,1-4H3. The van der Waals surface area contributed by atoms with Crippen LogP contribution in [0.25, 0.3) is 0 Å². The Morgan fingerprint density at radius 2 is 1.45 bits per heavy atom. The van der Waals surface area contributed by atoms with Crippen molar-refractivity contribution in [3.8, 4) is 5.75 Å². The number of ether oxygens (including phenoxy) is 1. The molecule has 0 saturated heterocycles. The summed E-state index contributed by atoms with van der Waals surface area (Å²) in [7, 11) is 1.70. The first kappa shape index (κ1) is 16.6. The average Bonchev–Trinajstić information content (AvgIpc) is 2.52. The molecule has 0 heterocycles. The summed E-state index contributed by atoms with van der Waals surface area (Å²) < 4.78 is 5.17. The second-order valence-corrected chi connectivity index (χ2v) is 6.72. The molecule has 0 aliphatic carbocycles. The highest BCUT2D eigenvalue weighted by Gasteiger charge is 2.12. The zero-order chi connectivity index (χ0) is 16.0. The van der Waals surface area contributed by atoms with Gasteiger partial charge in [-0.1, -0.05) is 57.2 Å². The molecule has 2 heteroatoms. The molecule has 0 bridgehead atoms. The van der Waals surface area contributed by atoms with Gasteiger partial charge < -0.3 is 10.1 Å². The van der Waals surface area contributed by atoms with Crippen molar-refractivity contribution in [3.05, 3.63) is 65.2 Å². The van der Waals surface area contributed by atoms with E-state index in [1.165, 1.54) is 16.7 Å². The summed E-state index contributed by atoms with van der Waals surface area (Å²) in [4.78, 5) is 0. The van der Waals surface area contributed by atoms with Crippen molar-refractivity contribution < 1.29 is 4.74 Å². The molecule has 0 atom stereocenters. The fourth-order valence-corrected chi connectivity index (χ4v) is 2.38. The van der Waals surface area contributed by atoms with Crippen LogP contribution in [0.3, 0.4) is 0 Å². The van der Waals surface area contributed by atoms with Crippen LogP contribution in [0.1, 0.15) is 37.5 Å². The lowest BCUT2D eigenvalue weighted by Crippen LogP contribution is -2.17. The molecule has 2 nitrogen and oxygen atoms in total. The molecule has 22 heavy (non-hydrogen) atoms. The van der Waals surface area contributed by atoms with Gasteiger partial charge in [-0.3, -0.25) is 0 Å². The summed E-state index contributed by atoms with van der Waals surface area (Å²) in [6, 6.07) is 17.2. The van der Waals surface area contributed by atoms with Crippen molar-refractivity contribution in [2.45, 2.75) is 39.2 Å². The highest BCUT2D eigenvalue weighted by molar-refractivity contribution is 5.28. The molecule has 2 aromatic carbocycles. The van der Waals surface area contributed by atoms with Crippen molar-refractivity contribution in [1.29, 1.82) is 0 Å². The average molecular weight is 297 g/mol. The summed E-state index contributed by atoms with van der Waals surface area (Å²) in [6.07, 6.45) is 1.03. The van der Waals surface area contributed by atoms with Gasteiger partial charge in [0.2, 0.25) is 0 Å². The Morgan fingerprint density at radius 3 is 2.00 bits per heavy atom. The van der Waals surface area contributed by atoms with Crippen LogP contribution in [-0.2, 0) is 18.4 Å². The minimum Gasteiger partial charge on any atom is -0.497 e. The first-order valence-electron chi connectivity index (χ1n) is 7.92. The van der Waals surface area contributed by atoms with E-state index in [0.717, 1.165) is 25.3 Å². The Labute approximate surface area is 134 Å². The van der Waals surface area contributed by atoms with E-state index in [4.69, 9.17) is 4.74 Å². The van der Waals surface area contributed by atoms with Gasteiger partial charge in [0, 0.05) is 6.54 Å². The van der Waals surface area contributed by atoms with E-state index in [1.807, 2.05) is 12.1 Å². The Balaban J connectivity index is 1.76. The predicted molar refractivity (Wildman–Crippen MR) is 93.5 cm³/mol. The van der Waals surface area contributed by atoms with Crippen molar-refractivity contribution in [2.24, 2.45) is 0 Å². The zero-order valence-corrected chi connectivity index (χ0v) is 14.1. The van der Waals surface area contributed by atoms with Gasteiger partial charge in [-0.05, 0) is 47.2 Å². The number of hydrogen-bond acceptors (Lipinski definition) is 2. The van der Waals surface area contributed by atoms with E-state index < -0.39 is 0 Å². The van der Waals surface area contributed by atoms with Crippen molar-refractivity contribution in [1.82, 2.24) is 5.32 Å². The lowest BCUT2D eigenvalue weighted by molar-refractivity contribution is 0.414. The monoisotopic (exact) mass is 297 g/mol. The first-order chi connectivity index (χ1) is 10.5. The normalized spacial score (nSPS) is 11.5. The summed E-state index contributed by atoms with van der Waals surface area (Å²) >= 11 is 0. The van der Waals surface area contributed by atoms with Crippen LogP contribution >= 0.6 is 0 Å². The molecular weight excluding hydrogens is 270 g/mol. The van der Waals surface area contributed by atoms with Gasteiger partial charge in [0.15, 0.2) is 0 Å². The van der Waals surface area contributed by atoms with Crippen LogP contribution in [0.4, 0.5) is 0 Å². The Morgan fingerprint density at radius 1 is 0.864 bits per heavy atom. The Bertz CT molecular complexity index is 564. The number of nitrogens with one attached hydrogen (secondary N) is 1. The molecule has 0 aliphatic rings. The Hall–Kier alpha value is -1.80. The highest BCUT2D eigenvalue weighted by Crippen LogP contribution is 2.22. The van der Waals surface area contributed by atoms with Crippen LogP contribution in [0.5, 0.6) is 5.75 Å². The van der Waals surface area contributed by atoms with Gasteiger partial charge in [0.1, 0.15) is 5.75 Å². The third kappa shape index (κ3) is 4.88. The predicted octanol–water partition coefficient (Wildman–Crippen LogP) is 4.33. The van der Waals surface area contributed by atoms with Gasteiger partial charge in [-0.15, -0.1) is 0 Å². The fraction of sp³-hybridized carbons (Fsp3) is 0.400. The maximum absolute atomic E-state index is 5.17. The van der Waals surface area contributed by atoms with Gasteiger partial charge in [0.25, 0.3) is 0 Å². The lowest BCUT2D eigenvalue weighted by atomic mass is 9.87. The van der Waals surface area contributed by atoms with Crippen LogP contribution in [0.15, 0.2) is 48.5 Å². The van der Waals surface area contributed by atoms with E-state index in [0.29, 0.717) is 0 Å². The van der Waals surface area contributed by atoms with E-state index in [1.54, 1.807) is 7.11 Å². The molecule has 0 amide bonds. The molecule has 0 fully saturated rings. The molecule has 0 aromatic heterocycles. The van der Waals surface area contributed by atoms with Crippen molar-refractivity contribution in [3.63, 3.8) is 0 Å². The molecule has 1 N–H and O–H groups in total. The van der Waals surface area contributed by atoms with E-state index in [9.17, 15) is 0 Å². The van der Waals surface area contributed by atoms with Crippen LogP contribution in [0.2, 0.25) is 0 Å². The summed E-state index contributed by atoms with van der Waals surface area (Å²) in [6.45, 7) is 8.63. The third-order valence-electron chi connectivity index (χ3n) is 3.90. The van der Waals surface area contributed by atoms with E-state index >= 15 is 0 Å². The second-order valence-electron chi connectivity index (χ2n) is 6.72. The largest absolute Gasteiger partial charge is 0.497 e. The van der Waals surface area contributed by atoms with E-state index in [2.05, 4.69) is 62.5 Å². The van der Waals surface area contributed by atoms with Gasteiger partial charge >= 0.3 is 0 Å². The van der Waals surface area contributed by atoms with Crippen molar-refractivity contribution >= 4 is 0 Å². The highest BCUT2D eigenvalue weighted by atomic mass is 16.5. The summed E-state index contributed by atoms with van der Waals surface area (Å²) in [5, 5.41) is 3.51. The maximum atomic E-state index is 5.17. The fourth-order valence-electron chi connectivity index (χ4n) is 2.38. The maximum Gasteiger partial charge on any atom is 0.118 e. The van der Waals surface area contributed by atoms with Crippen LogP contribution in [0, 0.1) is 0 Å². The molecule has 118 valence electrons. The summed E-state index contributed by atoms with van der Waals surface area (Å²) in [5.41, 5.74) is 4.27. The minimum absolute atomic E-state index is 0.223. The SMILES string of the molecule is COc1ccc(CCNCc2ccc(C(C)(C)C)cc2)cc1. The summed E-state index contributed by atoms with van der Waals surface area (Å²) in [5.74, 6) is 0.913. The zero-order valence-electron chi connectivity index (χ0n) is 14.1. The number of rotatable bonds is 6. The molecule has 0 spiro atoms. The molecule has 0 radical (unpaired) electrons. The molecule has 0 saturated carbocycles. The molecule has 0 aliphatic heterocycles. The van der Waals surface area contributed by atoms with Crippen LogP contribution in [-0.4, -0.2) is 13.7 Å². The van der Waals surface area contributed by atoms with Crippen LogP contribution < -0.4 is 10.1 Å². The third-order valence-corrected chi connectivity index (χ3v) is 3.90. The van der Waals surface area contributed by atoms with Gasteiger partial charge in [-0.25, -0.2) is 0 Å². The molecule has 2 aromatic rings. The number of hydrogen-bond donors (Lipinski definition) is 1. The van der Waals surface area contributed by atoms with Crippen molar-refractivity contribution in [2.75, 3.05) is 13.7 Å². The quantitative estimate of drug-likeness (QED) is 0.802. The number of benzene rings is 2. The molecular formula is C20H27NO. The van der Waals surface area contributed by atoms with Gasteiger partial charge in [-0.2, -0.15) is 0 Å². The smallest absolute Gasteiger partial charge is 0.118 e.